The summed E-state index contributed by atoms with van der Waals surface area (Å²) in [7, 11) is 1.35. The van der Waals surface area contributed by atoms with Gasteiger partial charge < -0.3 is 19.9 Å². The van der Waals surface area contributed by atoms with Crippen molar-refractivity contribution in [1.29, 1.82) is 0 Å². The van der Waals surface area contributed by atoms with Crippen LogP contribution in [0.1, 0.15) is 28.8 Å². The van der Waals surface area contributed by atoms with E-state index < -0.39 is 17.6 Å². The van der Waals surface area contributed by atoms with Gasteiger partial charge in [0.1, 0.15) is 11.3 Å². The van der Waals surface area contributed by atoms with Gasteiger partial charge >= 0.3 is 5.97 Å². The highest BCUT2D eigenvalue weighted by molar-refractivity contribution is 5.90. The van der Waals surface area contributed by atoms with Crippen molar-refractivity contribution in [3.8, 4) is 11.4 Å². The molecular formula is C26H26F2N6O2. The first-order valence-electron chi connectivity index (χ1n) is 11.8. The molecule has 0 unspecified atom stereocenters. The Balaban J connectivity index is 1.48. The molecule has 10 heteroatoms. The zero-order valence-corrected chi connectivity index (χ0v) is 19.8. The Labute approximate surface area is 206 Å². The van der Waals surface area contributed by atoms with Gasteiger partial charge in [-0.3, -0.25) is 0 Å². The van der Waals surface area contributed by atoms with Gasteiger partial charge in [0.25, 0.3) is 0 Å². The van der Waals surface area contributed by atoms with E-state index in [9.17, 15) is 13.6 Å². The quantitative estimate of drug-likeness (QED) is 0.374. The lowest BCUT2D eigenvalue weighted by Crippen LogP contribution is -2.32. The molecule has 5 rings (SSSR count). The third kappa shape index (κ3) is 5.03. The predicted octanol–water partition coefficient (Wildman–Crippen LogP) is 4.17. The first-order chi connectivity index (χ1) is 17.5. The van der Waals surface area contributed by atoms with Crippen LogP contribution in [0.4, 0.5) is 14.7 Å². The van der Waals surface area contributed by atoms with E-state index in [2.05, 4.69) is 20.2 Å². The molecule has 2 aromatic carbocycles. The molecule has 3 heterocycles. The molecule has 2 aromatic heterocycles. The number of piperidine rings is 1. The minimum absolute atomic E-state index is 0.241. The summed E-state index contributed by atoms with van der Waals surface area (Å²) in [5, 5.41) is 6.54. The van der Waals surface area contributed by atoms with E-state index in [0.717, 1.165) is 56.0 Å². The molecular weight excluding hydrogens is 466 g/mol. The SMILES string of the molecule is COC(=O)c1ccc(-c2nc3cnc(NCc4ccc(F)c(F)c4)nc3n2C[C@@H]2CCCNC2)cc1. The molecule has 4 aromatic rings. The van der Waals surface area contributed by atoms with Crippen molar-refractivity contribution in [1.82, 2.24) is 24.8 Å². The van der Waals surface area contributed by atoms with E-state index >= 15 is 0 Å². The second-order valence-corrected chi connectivity index (χ2v) is 8.83. The number of aromatic nitrogens is 4. The van der Waals surface area contributed by atoms with Gasteiger partial charge in [0.15, 0.2) is 17.3 Å². The molecule has 0 bridgehead atoms. The number of esters is 1. The van der Waals surface area contributed by atoms with Gasteiger partial charge in [-0.25, -0.2) is 23.5 Å². The number of carbonyl (C=O) groups excluding carboxylic acids is 1. The molecule has 0 aliphatic carbocycles. The third-order valence-corrected chi connectivity index (χ3v) is 6.33. The fourth-order valence-electron chi connectivity index (χ4n) is 4.44. The fraction of sp³-hybridized carbons (Fsp3) is 0.308. The molecule has 1 saturated heterocycles. The summed E-state index contributed by atoms with van der Waals surface area (Å²) < 4.78 is 33.7. The first kappa shape index (κ1) is 23.8. The van der Waals surface area contributed by atoms with Gasteiger partial charge in [-0.2, -0.15) is 4.98 Å². The van der Waals surface area contributed by atoms with E-state index in [4.69, 9.17) is 14.7 Å². The van der Waals surface area contributed by atoms with E-state index in [0.29, 0.717) is 34.2 Å². The molecule has 2 N–H and O–H groups in total. The second-order valence-electron chi connectivity index (χ2n) is 8.83. The van der Waals surface area contributed by atoms with E-state index in [1.807, 2.05) is 12.1 Å². The molecule has 36 heavy (non-hydrogen) atoms. The number of benzene rings is 2. The van der Waals surface area contributed by atoms with Crippen LogP contribution in [0, 0.1) is 17.6 Å². The van der Waals surface area contributed by atoms with Crippen molar-refractivity contribution in [2.24, 2.45) is 5.92 Å². The minimum atomic E-state index is -0.896. The lowest BCUT2D eigenvalue weighted by atomic mass is 9.99. The average Bonchev–Trinajstić information content (AvgIpc) is 3.27. The van der Waals surface area contributed by atoms with Crippen LogP contribution >= 0.6 is 0 Å². The zero-order chi connectivity index (χ0) is 25.1. The number of fused-ring (bicyclic) bond motifs is 1. The first-order valence-corrected chi connectivity index (χ1v) is 11.8. The number of anilines is 1. The van der Waals surface area contributed by atoms with Gasteiger partial charge in [0.05, 0.1) is 18.9 Å². The molecule has 0 radical (unpaired) electrons. The summed E-state index contributed by atoms with van der Waals surface area (Å²) in [4.78, 5) is 25.7. The van der Waals surface area contributed by atoms with E-state index in [1.165, 1.54) is 13.2 Å². The number of hydrogen-bond acceptors (Lipinski definition) is 7. The Bertz CT molecular complexity index is 1380. The Kier molecular flexibility index (Phi) is 6.86. The average molecular weight is 493 g/mol. The van der Waals surface area contributed by atoms with Crippen molar-refractivity contribution in [3.05, 3.63) is 71.4 Å². The maximum absolute atomic E-state index is 13.6. The number of ether oxygens (including phenoxy) is 1. The topological polar surface area (TPSA) is 94.0 Å². The standard InChI is InChI=1S/C26H26F2N6O2/c1-36-25(35)19-7-5-18(6-8-19)23-32-22-14-31-26(30-13-16-4-9-20(27)21(28)11-16)33-24(22)34(23)15-17-3-2-10-29-12-17/h4-9,11,14,17,29H,2-3,10,12-13,15H2,1H3,(H,30,31,33)/t17-/m1/s1. The molecule has 1 aliphatic heterocycles. The highest BCUT2D eigenvalue weighted by atomic mass is 19.2. The van der Waals surface area contributed by atoms with Gasteiger partial charge in [-0.1, -0.05) is 18.2 Å². The summed E-state index contributed by atoms with van der Waals surface area (Å²) in [6.45, 7) is 2.89. The number of hydrogen-bond donors (Lipinski definition) is 2. The summed E-state index contributed by atoms with van der Waals surface area (Å²) in [6.07, 6.45) is 3.86. The lowest BCUT2D eigenvalue weighted by Gasteiger charge is -2.24. The van der Waals surface area contributed by atoms with E-state index in [1.54, 1.807) is 18.3 Å². The van der Waals surface area contributed by atoms with Crippen molar-refractivity contribution in [2.45, 2.75) is 25.9 Å². The molecule has 1 fully saturated rings. The molecule has 8 nitrogen and oxygen atoms in total. The van der Waals surface area contributed by atoms with Crippen molar-refractivity contribution >= 4 is 23.1 Å². The van der Waals surface area contributed by atoms with Crippen LogP contribution < -0.4 is 10.6 Å². The predicted molar refractivity (Wildman–Crippen MR) is 131 cm³/mol. The van der Waals surface area contributed by atoms with Crippen molar-refractivity contribution < 1.29 is 18.3 Å². The number of methoxy groups -OCH3 is 1. The van der Waals surface area contributed by atoms with Crippen LogP contribution in [-0.2, 0) is 17.8 Å². The number of nitrogens with one attached hydrogen (secondary N) is 2. The zero-order valence-electron chi connectivity index (χ0n) is 19.8. The number of carbonyl (C=O) groups is 1. The van der Waals surface area contributed by atoms with Crippen LogP contribution in [0.15, 0.2) is 48.7 Å². The van der Waals surface area contributed by atoms with Crippen molar-refractivity contribution in [3.63, 3.8) is 0 Å². The second kappa shape index (κ2) is 10.4. The molecule has 0 saturated carbocycles. The van der Waals surface area contributed by atoms with Crippen LogP contribution in [0.2, 0.25) is 0 Å². The highest BCUT2D eigenvalue weighted by Crippen LogP contribution is 2.27. The maximum Gasteiger partial charge on any atom is 0.337 e. The van der Waals surface area contributed by atoms with Gasteiger partial charge in [-0.15, -0.1) is 0 Å². The van der Waals surface area contributed by atoms with Crippen LogP contribution in [-0.4, -0.2) is 45.7 Å². The van der Waals surface area contributed by atoms with Crippen molar-refractivity contribution in [2.75, 3.05) is 25.5 Å². The Morgan fingerprint density at radius 3 is 2.72 bits per heavy atom. The Hall–Kier alpha value is -3.92. The Morgan fingerprint density at radius 1 is 1.17 bits per heavy atom. The maximum atomic E-state index is 13.6. The van der Waals surface area contributed by atoms with Gasteiger partial charge in [0.2, 0.25) is 5.95 Å². The van der Waals surface area contributed by atoms with Crippen LogP contribution in [0.25, 0.3) is 22.6 Å². The number of imidazole rings is 1. The summed E-state index contributed by atoms with van der Waals surface area (Å²) in [5.41, 5.74) is 3.20. The van der Waals surface area contributed by atoms with E-state index in [-0.39, 0.29) is 6.54 Å². The smallest absolute Gasteiger partial charge is 0.337 e. The number of halogens is 2. The molecule has 0 spiro atoms. The molecule has 1 aliphatic rings. The summed E-state index contributed by atoms with van der Waals surface area (Å²) >= 11 is 0. The molecule has 186 valence electrons. The van der Waals surface area contributed by atoms with Crippen LogP contribution in [0.3, 0.4) is 0 Å². The van der Waals surface area contributed by atoms with Gasteiger partial charge in [-0.05, 0) is 61.7 Å². The number of rotatable bonds is 7. The third-order valence-electron chi connectivity index (χ3n) is 6.33. The number of nitrogens with zero attached hydrogens (tertiary/aromatic N) is 4. The highest BCUT2D eigenvalue weighted by Gasteiger charge is 2.21. The largest absolute Gasteiger partial charge is 0.465 e. The Morgan fingerprint density at radius 2 is 2.00 bits per heavy atom. The molecule has 0 amide bonds. The minimum Gasteiger partial charge on any atom is -0.465 e. The monoisotopic (exact) mass is 492 g/mol. The van der Waals surface area contributed by atoms with Crippen LogP contribution in [0.5, 0.6) is 0 Å². The summed E-state index contributed by atoms with van der Waals surface area (Å²) in [5.74, 6) is -0.664. The fourth-order valence-corrected chi connectivity index (χ4v) is 4.44. The lowest BCUT2D eigenvalue weighted by molar-refractivity contribution is 0.0600. The summed E-state index contributed by atoms with van der Waals surface area (Å²) in [6, 6.07) is 10.9. The molecule has 1 atom stereocenters. The van der Waals surface area contributed by atoms with Gasteiger partial charge in [0, 0.05) is 18.7 Å². The normalized spacial score (nSPS) is 15.7.